The first-order chi connectivity index (χ1) is 7.59. The smallest absolute Gasteiger partial charge is 0.183 e. The molecule has 0 fully saturated rings. The highest BCUT2D eigenvalue weighted by Gasteiger charge is 2.32. The van der Waals surface area contributed by atoms with E-state index >= 15 is 0 Å². The minimum Gasteiger partial charge on any atom is -0.326 e. The van der Waals surface area contributed by atoms with Crippen LogP contribution in [-0.2, 0) is 6.54 Å². The SMILES string of the molecule is CC1(C)CCn2cnc3ncnc(c32)N1O. The summed E-state index contributed by atoms with van der Waals surface area (Å²) in [6.07, 6.45) is 4.00. The van der Waals surface area contributed by atoms with Crippen LogP contribution in [0.1, 0.15) is 20.3 Å². The van der Waals surface area contributed by atoms with Gasteiger partial charge in [-0.25, -0.2) is 20.0 Å². The molecule has 1 N–H and O–H groups in total. The highest BCUT2D eigenvalue weighted by molar-refractivity contribution is 5.83. The monoisotopic (exact) mass is 219 g/mol. The summed E-state index contributed by atoms with van der Waals surface area (Å²) in [5, 5.41) is 11.4. The first-order valence-corrected chi connectivity index (χ1v) is 5.24. The summed E-state index contributed by atoms with van der Waals surface area (Å²) in [5.74, 6) is 0.532. The van der Waals surface area contributed by atoms with Crippen LogP contribution in [0.25, 0.3) is 11.2 Å². The standard InChI is InChI=1S/C10H13N5O/c1-10(2)3-4-14-6-13-8-7(14)9(15(10)16)12-5-11-8/h5-6,16H,3-4H2,1-2H3. The number of imidazole rings is 1. The lowest BCUT2D eigenvalue weighted by molar-refractivity contribution is 0.161. The van der Waals surface area contributed by atoms with Crippen molar-refractivity contribution in [3.8, 4) is 0 Å². The molecule has 0 aromatic carbocycles. The van der Waals surface area contributed by atoms with Gasteiger partial charge in [0.2, 0.25) is 0 Å². The van der Waals surface area contributed by atoms with Crippen molar-refractivity contribution in [1.82, 2.24) is 19.5 Å². The van der Waals surface area contributed by atoms with Gasteiger partial charge in [-0.2, -0.15) is 0 Å². The third-order valence-corrected chi connectivity index (χ3v) is 3.13. The number of hydroxylamine groups is 1. The molecule has 84 valence electrons. The minimum atomic E-state index is -0.333. The minimum absolute atomic E-state index is 0.333. The average molecular weight is 219 g/mol. The number of aryl methyl sites for hydroxylation is 1. The van der Waals surface area contributed by atoms with Crippen molar-refractivity contribution in [2.45, 2.75) is 32.4 Å². The molecule has 0 spiro atoms. The molecule has 6 nitrogen and oxygen atoms in total. The zero-order chi connectivity index (χ0) is 11.3. The van der Waals surface area contributed by atoms with E-state index in [1.165, 1.54) is 11.4 Å². The number of hydrogen-bond acceptors (Lipinski definition) is 5. The fraction of sp³-hybridized carbons (Fsp3) is 0.500. The summed E-state index contributed by atoms with van der Waals surface area (Å²) in [6.45, 7) is 4.78. The number of nitrogens with zero attached hydrogens (tertiary/aromatic N) is 5. The van der Waals surface area contributed by atoms with Gasteiger partial charge in [-0.1, -0.05) is 0 Å². The predicted octanol–water partition coefficient (Wildman–Crippen LogP) is 1.20. The molecule has 2 aromatic heterocycles. The Bertz CT molecular complexity index is 547. The van der Waals surface area contributed by atoms with E-state index in [1.807, 2.05) is 18.4 Å². The van der Waals surface area contributed by atoms with E-state index in [2.05, 4.69) is 15.0 Å². The Morgan fingerprint density at radius 3 is 2.94 bits per heavy atom. The maximum absolute atomic E-state index is 10.2. The van der Waals surface area contributed by atoms with Crippen LogP contribution in [0.3, 0.4) is 0 Å². The largest absolute Gasteiger partial charge is 0.326 e. The highest BCUT2D eigenvalue weighted by atomic mass is 16.5. The molecule has 0 aliphatic carbocycles. The van der Waals surface area contributed by atoms with Crippen molar-refractivity contribution < 1.29 is 5.21 Å². The number of anilines is 1. The van der Waals surface area contributed by atoms with Crippen LogP contribution >= 0.6 is 0 Å². The first-order valence-electron chi connectivity index (χ1n) is 5.24. The Morgan fingerprint density at radius 1 is 1.31 bits per heavy atom. The molecule has 1 aliphatic rings. The van der Waals surface area contributed by atoms with Crippen molar-refractivity contribution in [2.24, 2.45) is 0 Å². The molecular formula is C10H13N5O. The summed E-state index contributed by atoms with van der Waals surface area (Å²) in [6, 6.07) is 0. The summed E-state index contributed by atoms with van der Waals surface area (Å²) >= 11 is 0. The topological polar surface area (TPSA) is 67.1 Å². The lowest BCUT2D eigenvalue weighted by Crippen LogP contribution is -2.41. The van der Waals surface area contributed by atoms with Crippen LogP contribution in [0.2, 0.25) is 0 Å². The second-order valence-corrected chi connectivity index (χ2v) is 4.68. The molecule has 0 atom stereocenters. The molecular weight excluding hydrogens is 206 g/mol. The van der Waals surface area contributed by atoms with E-state index in [0.717, 1.165) is 18.5 Å². The van der Waals surface area contributed by atoms with Crippen molar-refractivity contribution in [1.29, 1.82) is 0 Å². The van der Waals surface area contributed by atoms with E-state index < -0.39 is 0 Å². The van der Waals surface area contributed by atoms with Crippen molar-refractivity contribution in [2.75, 3.05) is 5.06 Å². The Kier molecular flexibility index (Phi) is 1.74. The van der Waals surface area contributed by atoms with Gasteiger partial charge in [-0.05, 0) is 20.3 Å². The first kappa shape index (κ1) is 9.53. The number of hydrogen-bond donors (Lipinski definition) is 1. The Balaban J connectivity index is 2.33. The van der Waals surface area contributed by atoms with Crippen LogP contribution in [0.15, 0.2) is 12.7 Å². The normalized spacial score (nSPS) is 18.8. The Morgan fingerprint density at radius 2 is 2.12 bits per heavy atom. The van der Waals surface area contributed by atoms with Gasteiger partial charge in [0.25, 0.3) is 0 Å². The molecule has 3 heterocycles. The summed E-state index contributed by atoms with van der Waals surface area (Å²) in [4.78, 5) is 12.4. The molecule has 1 aliphatic heterocycles. The van der Waals surface area contributed by atoms with Gasteiger partial charge in [0, 0.05) is 6.54 Å². The van der Waals surface area contributed by atoms with Crippen LogP contribution in [0.4, 0.5) is 5.82 Å². The second-order valence-electron chi connectivity index (χ2n) is 4.68. The van der Waals surface area contributed by atoms with Crippen LogP contribution in [0.5, 0.6) is 0 Å². The Hall–Kier alpha value is -1.69. The molecule has 16 heavy (non-hydrogen) atoms. The molecule has 0 saturated heterocycles. The van der Waals surface area contributed by atoms with Gasteiger partial charge in [0.1, 0.15) is 11.8 Å². The van der Waals surface area contributed by atoms with Gasteiger partial charge < -0.3 is 4.57 Å². The third-order valence-electron chi connectivity index (χ3n) is 3.13. The summed E-state index contributed by atoms with van der Waals surface area (Å²) in [5.41, 5.74) is 1.10. The van der Waals surface area contributed by atoms with Gasteiger partial charge in [-0.15, -0.1) is 0 Å². The fourth-order valence-corrected chi connectivity index (χ4v) is 2.01. The molecule has 0 saturated carbocycles. The van der Waals surface area contributed by atoms with E-state index in [4.69, 9.17) is 0 Å². The van der Waals surface area contributed by atoms with Gasteiger partial charge in [0.05, 0.1) is 11.9 Å². The zero-order valence-electron chi connectivity index (χ0n) is 9.25. The Labute approximate surface area is 92.5 Å². The molecule has 0 amide bonds. The lowest BCUT2D eigenvalue weighted by atomic mass is 10.0. The van der Waals surface area contributed by atoms with Crippen molar-refractivity contribution >= 4 is 17.0 Å². The highest BCUT2D eigenvalue weighted by Crippen LogP contribution is 2.32. The van der Waals surface area contributed by atoms with E-state index in [1.54, 1.807) is 6.33 Å². The predicted molar refractivity (Wildman–Crippen MR) is 58.3 cm³/mol. The van der Waals surface area contributed by atoms with Crippen LogP contribution in [0, 0.1) is 0 Å². The van der Waals surface area contributed by atoms with Gasteiger partial charge in [-0.3, -0.25) is 5.21 Å². The van der Waals surface area contributed by atoms with E-state index in [-0.39, 0.29) is 5.54 Å². The van der Waals surface area contributed by atoms with Crippen LogP contribution < -0.4 is 5.06 Å². The van der Waals surface area contributed by atoms with Crippen molar-refractivity contribution in [3.63, 3.8) is 0 Å². The maximum atomic E-state index is 10.2. The fourth-order valence-electron chi connectivity index (χ4n) is 2.01. The van der Waals surface area contributed by atoms with E-state index in [9.17, 15) is 5.21 Å². The van der Waals surface area contributed by atoms with Gasteiger partial charge in [0.15, 0.2) is 11.5 Å². The zero-order valence-corrected chi connectivity index (χ0v) is 9.25. The average Bonchev–Trinajstić information content (AvgIpc) is 2.64. The molecule has 0 bridgehead atoms. The summed E-state index contributed by atoms with van der Waals surface area (Å²) in [7, 11) is 0. The quantitative estimate of drug-likeness (QED) is 0.721. The molecule has 6 heteroatoms. The molecule has 2 aromatic rings. The van der Waals surface area contributed by atoms with Crippen LogP contribution in [-0.4, -0.2) is 30.3 Å². The van der Waals surface area contributed by atoms with Gasteiger partial charge >= 0.3 is 0 Å². The molecule has 3 rings (SSSR count). The number of aromatic nitrogens is 4. The van der Waals surface area contributed by atoms with Crippen molar-refractivity contribution in [3.05, 3.63) is 12.7 Å². The lowest BCUT2D eigenvalue weighted by Gasteiger charge is -2.32. The number of rotatable bonds is 0. The maximum Gasteiger partial charge on any atom is 0.183 e. The second kappa shape index (κ2) is 2.91. The molecule has 0 unspecified atom stereocenters. The molecule has 0 radical (unpaired) electrons. The third kappa shape index (κ3) is 1.13. The van der Waals surface area contributed by atoms with E-state index in [0.29, 0.717) is 11.5 Å². The summed E-state index contributed by atoms with van der Waals surface area (Å²) < 4.78 is 1.99.